The van der Waals surface area contributed by atoms with Gasteiger partial charge in [-0.2, -0.15) is 0 Å². The van der Waals surface area contributed by atoms with Crippen molar-refractivity contribution in [2.45, 2.75) is 52.7 Å². The van der Waals surface area contributed by atoms with E-state index in [-0.39, 0.29) is 18.1 Å². The van der Waals surface area contributed by atoms with E-state index in [0.717, 1.165) is 0 Å². The molecule has 0 radical (unpaired) electrons. The summed E-state index contributed by atoms with van der Waals surface area (Å²) in [7, 11) is 0. The quantitative estimate of drug-likeness (QED) is 0.821. The van der Waals surface area contributed by atoms with E-state index in [2.05, 4.69) is 15.6 Å². The maximum absolute atomic E-state index is 12.0. The van der Waals surface area contributed by atoms with E-state index in [1.54, 1.807) is 27.7 Å². The van der Waals surface area contributed by atoms with E-state index < -0.39 is 11.6 Å². The van der Waals surface area contributed by atoms with Crippen molar-refractivity contribution in [1.82, 2.24) is 20.3 Å². The molecule has 1 aliphatic carbocycles. The normalized spacial score (nSPS) is 14.9. The number of esters is 1. The second-order valence-electron chi connectivity index (χ2n) is 6.43. The Kier molecular flexibility index (Phi) is 4.29. The van der Waals surface area contributed by atoms with Crippen molar-refractivity contribution in [3.8, 4) is 0 Å². The van der Waals surface area contributed by atoms with Crippen LogP contribution < -0.4 is 5.32 Å². The summed E-state index contributed by atoms with van der Waals surface area (Å²) in [6, 6.07) is 0. The van der Waals surface area contributed by atoms with Gasteiger partial charge in [0, 0.05) is 6.54 Å². The Bertz CT molecular complexity index is 541. The summed E-state index contributed by atoms with van der Waals surface area (Å²) < 4.78 is 6.67. The summed E-state index contributed by atoms with van der Waals surface area (Å²) in [6.45, 7) is 7.84. The molecule has 0 atom stereocenters. The molecule has 1 aliphatic rings. The third kappa shape index (κ3) is 4.54. The van der Waals surface area contributed by atoms with Crippen LogP contribution in [0.3, 0.4) is 0 Å². The Morgan fingerprint density at radius 1 is 1.38 bits per heavy atom. The summed E-state index contributed by atoms with van der Waals surface area (Å²) in [5, 5.41) is 10.5. The Morgan fingerprint density at radius 2 is 2.05 bits per heavy atom. The zero-order valence-corrected chi connectivity index (χ0v) is 13.0. The van der Waals surface area contributed by atoms with Gasteiger partial charge in [-0.1, -0.05) is 5.21 Å². The number of carbonyl (C=O) groups excluding carboxylic acids is 2. The number of nitrogens with one attached hydrogen (secondary N) is 1. The summed E-state index contributed by atoms with van der Waals surface area (Å²) in [5.41, 5.74) is 0.0975. The molecule has 21 heavy (non-hydrogen) atoms. The van der Waals surface area contributed by atoms with E-state index in [0.29, 0.717) is 18.2 Å². The first-order valence-electron chi connectivity index (χ1n) is 7.16. The number of nitrogens with zero attached hydrogens (tertiary/aromatic N) is 3. The number of rotatable bonds is 5. The smallest absolute Gasteiger partial charge is 0.361 e. The molecular weight excluding hydrogens is 272 g/mol. The van der Waals surface area contributed by atoms with Gasteiger partial charge in [0.1, 0.15) is 12.1 Å². The number of aromatic nitrogens is 3. The largest absolute Gasteiger partial charge is 0.455 e. The van der Waals surface area contributed by atoms with Crippen LogP contribution in [-0.4, -0.2) is 39.0 Å². The monoisotopic (exact) mass is 294 g/mol. The molecule has 0 aliphatic heterocycles. The number of ether oxygens (including phenoxy) is 1. The summed E-state index contributed by atoms with van der Waals surface area (Å²) in [6.07, 6.45) is 2.37. The van der Waals surface area contributed by atoms with Gasteiger partial charge in [-0.3, -0.25) is 4.79 Å². The Hall–Kier alpha value is -1.92. The van der Waals surface area contributed by atoms with Gasteiger partial charge in [0.2, 0.25) is 5.91 Å². The number of carbonyl (C=O) groups is 2. The van der Waals surface area contributed by atoms with Crippen molar-refractivity contribution in [3.05, 3.63) is 11.4 Å². The Morgan fingerprint density at radius 3 is 2.62 bits per heavy atom. The molecule has 1 saturated carbocycles. The summed E-state index contributed by atoms with van der Waals surface area (Å²) >= 11 is 0. The number of amides is 1. The number of hydrogen-bond acceptors (Lipinski definition) is 5. The first-order valence-corrected chi connectivity index (χ1v) is 7.16. The van der Waals surface area contributed by atoms with Gasteiger partial charge < -0.3 is 10.1 Å². The van der Waals surface area contributed by atoms with Gasteiger partial charge in [0.25, 0.3) is 0 Å². The minimum Gasteiger partial charge on any atom is -0.455 e. The fourth-order valence-electron chi connectivity index (χ4n) is 1.80. The van der Waals surface area contributed by atoms with Gasteiger partial charge in [-0.05, 0) is 46.5 Å². The van der Waals surface area contributed by atoms with Crippen molar-refractivity contribution < 1.29 is 14.3 Å². The molecule has 1 heterocycles. The van der Waals surface area contributed by atoms with Crippen molar-refractivity contribution in [2.75, 3.05) is 6.54 Å². The first-order chi connectivity index (χ1) is 9.76. The lowest BCUT2D eigenvalue weighted by molar-refractivity contribution is -0.121. The van der Waals surface area contributed by atoms with Gasteiger partial charge in [-0.25, -0.2) is 9.48 Å². The van der Waals surface area contributed by atoms with Crippen molar-refractivity contribution >= 4 is 11.9 Å². The molecule has 116 valence electrons. The topological polar surface area (TPSA) is 86.1 Å². The summed E-state index contributed by atoms with van der Waals surface area (Å²) in [5.74, 6) is -0.0154. The van der Waals surface area contributed by atoms with E-state index >= 15 is 0 Å². The lowest BCUT2D eigenvalue weighted by atomic mass is 10.2. The third-order valence-corrected chi connectivity index (χ3v) is 3.15. The lowest BCUT2D eigenvalue weighted by Gasteiger charge is -2.18. The zero-order chi connectivity index (χ0) is 15.6. The standard InChI is InChI=1S/C14H22N4O3/c1-9-12(13(20)21-14(2,3)4)16-17-18(9)8-11(19)15-7-10-5-6-10/h10H,5-8H2,1-4H3,(H,15,19). The zero-order valence-electron chi connectivity index (χ0n) is 13.0. The number of hydrogen-bond donors (Lipinski definition) is 1. The predicted octanol–water partition coefficient (Wildman–Crippen LogP) is 1.07. The van der Waals surface area contributed by atoms with E-state index in [4.69, 9.17) is 4.74 Å². The Balaban J connectivity index is 1.95. The van der Waals surface area contributed by atoms with Crippen LogP contribution >= 0.6 is 0 Å². The first kappa shape index (κ1) is 15.5. The van der Waals surface area contributed by atoms with E-state index in [1.807, 2.05) is 0 Å². The molecule has 1 fully saturated rings. The second-order valence-corrected chi connectivity index (χ2v) is 6.43. The van der Waals surface area contributed by atoms with Gasteiger partial charge in [-0.15, -0.1) is 5.10 Å². The highest BCUT2D eigenvalue weighted by atomic mass is 16.6. The molecule has 7 heteroatoms. The molecule has 1 aromatic heterocycles. The van der Waals surface area contributed by atoms with Crippen LogP contribution in [0.4, 0.5) is 0 Å². The molecule has 1 amide bonds. The molecule has 0 aromatic carbocycles. The fraction of sp³-hybridized carbons (Fsp3) is 0.714. The maximum atomic E-state index is 12.0. The Labute approximate surface area is 124 Å². The van der Waals surface area contributed by atoms with Crippen molar-refractivity contribution in [2.24, 2.45) is 5.92 Å². The molecule has 2 rings (SSSR count). The van der Waals surface area contributed by atoms with E-state index in [9.17, 15) is 9.59 Å². The highest BCUT2D eigenvalue weighted by Crippen LogP contribution is 2.27. The second kappa shape index (κ2) is 5.83. The van der Waals surface area contributed by atoms with Gasteiger partial charge >= 0.3 is 5.97 Å². The van der Waals surface area contributed by atoms with Gasteiger partial charge in [0.15, 0.2) is 5.69 Å². The van der Waals surface area contributed by atoms with Crippen molar-refractivity contribution in [1.29, 1.82) is 0 Å². The van der Waals surface area contributed by atoms with Crippen LogP contribution in [0.15, 0.2) is 0 Å². The van der Waals surface area contributed by atoms with Crippen LogP contribution in [0.5, 0.6) is 0 Å². The minimum absolute atomic E-state index is 0.0638. The maximum Gasteiger partial charge on any atom is 0.361 e. The average Bonchev–Trinajstić information content (AvgIpc) is 3.11. The molecule has 0 saturated heterocycles. The highest BCUT2D eigenvalue weighted by molar-refractivity contribution is 5.88. The van der Waals surface area contributed by atoms with Crippen LogP contribution in [0.2, 0.25) is 0 Å². The molecule has 1 N–H and O–H groups in total. The fourth-order valence-corrected chi connectivity index (χ4v) is 1.80. The molecule has 7 nitrogen and oxygen atoms in total. The average molecular weight is 294 g/mol. The molecule has 0 unspecified atom stereocenters. The van der Waals surface area contributed by atoms with Crippen LogP contribution in [0.25, 0.3) is 0 Å². The van der Waals surface area contributed by atoms with E-state index in [1.165, 1.54) is 17.5 Å². The third-order valence-electron chi connectivity index (χ3n) is 3.15. The highest BCUT2D eigenvalue weighted by Gasteiger charge is 2.25. The van der Waals surface area contributed by atoms with Crippen LogP contribution in [-0.2, 0) is 16.1 Å². The van der Waals surface area contributed by atoms with Gasteiger partial charge in [0.05, 0.1) is 5.69 Å². The molecule has 0 spiro atoms. The predicted molar refractivity (Wildman–Crippen MR) is 75.7 cm³/mol. The molecular formula is C14H22N4O3. The van der Waals surface area contributed by atoms with Crippen molar-refractivity contribution in [3.63, 3.8) is 0 Å². The molecule has 1 aromatic rings. The minimum atomic E-state index is -0.588. The lowest BCUT2D eigenvalue weighted by Crippen LogP contribution is -2.30. The SMILES string of the molecule is Cc1c(C(=O)OC(C)(C)C)nnn1CC(=O)NCC1CC1. The molecule has 0 bridgehead atoms. The summed E-state index contributed by atoms with van der Waals surface area (Å²) in [4.78, 5) is 23.8. The van der Waals surface area contributed by atoms with Crippen LogP contribution in [0.1, 0.15) is 49.8 Å². The van der Waals surface area contributed by atoms with Crippen LogP contribution in [0, 0.1) is 12.8 Å².